The van der Waals surface area contributed by atoms with Crippen LogP contribution in [-0.4, -0.2) is 35.2 Å². The summed E-state index contributed by atoms with van der Waals surface area (Å²) in [6.07, 6.45) is 0.0601. The molecule has 1 atom stereocenters. The molecule has 0 unspecified atom stereocenters. The van der Waals surface area contributed by atoms with Crippen LogP contribution in [0.15, 0.2) is 46.3 Å². The average molecular weight is 454 g/mol. The minimum atomic E-state index is -0.561. The van der Waals surface area contributed by atoms with Gasteiger partial charge in [0, 0.05) is 18.1 Å². The summed E-state index contributed by atoms with van der Waals surface area (Å²) in [6.45, 7) is 2.03. The van der Waals surface area contributed by atoms with Crippen molar-refractivity contribution < 1.29 is 19.4 Å². The molecule has 8 nitrogen and oxygen atoms in total. The fourth-order valence-corrected chi connectivity index (χ4v) is 4.67. The Hall–Kier alpha value is -3.46. The molecule has 2 heterocycles. The second-order valence-corrected chi connectivity index (χ2v) is 8.39. The van der Waals surface area contributed by atoms with E-state index < -0.39 is 5.92 Å². The number of aryl methyl sites for hydroxylation is 1. The lowest BCUT2D eigenvalue weighted by Gasteiger charge is -2.25. The summed E-state index contributed by atoms with van der Waals surface area (Å²) < 4.78 is 10.5. The number of carbonyl (C=O) groups excluding carboxylic acids is 1. The maximum atomic E-state index is 13.1. The number of phenolic OH excluding ortho intramolecular Hbond substituents is 1. The molecule has 1 aliphatic heterocycles. The molecule has 4 rings (SSSR count). The number of rotatable bonds is 6. The number of hydrogen-bond donors (Lipinski definition) is 3. The van der Waals surface area contributed by atoms with Gasteiger partial charge in [0.1, 0.15) is 5.82 Å². The summed E-state index contributed by atoms with van der Waals surface area (Å²) in [4.78, 5) is 32.9. The Morgan fingerprint density at radius 1 is 1.16 bits per heavy atom. The van der Waals surface area contributed by atoms with E-state index in [1.807, 2.05) is 31.2 Å². The highest BCUT2D eigenvalue weighted by Gasteiger charge is 2.32. The number of nitrogens with zero attached hydrogens (tertiary/aromatic N) is 1. The first-order chi connectivity index (χ1) is 15.4. The van der Waals surface area contributed by atoms with Gasteiger partial charge in [0.25, 0.3) is 5.56 Å². The summed E-state index contributed by atoms with van der Waals surface area (Å²) in [5.74, 6) is 0.319. The van der Waals surface area contributed by atoms with E-state index in [2.05, 4.69) is 15.3 Å². The van der Waals surface area contributed by atoms with Gasteiger partial charge in [-0.3, -0.25) is 9.59 Å². The lowest BCUT2D eigenvalue weighted by molar-refractivity contribution is -0.116. The molecule has 32 heavy (non-hydrogen) atoms. The van der Waals surface area contributed by atoms with Crippen molar-refractivity contribution in [3.63, 3.8) is 0 Å². The van der Waals surface area contributed by atoms with E-state index in [0.29, 0.717) is 22.0 Å². The molecule has 9 heteroatoms. The Balaban J connectivity index is 1.71. The number of carbonyl (C=O) groups is 1. The number of amides is 1. The summed E-state index contributed by atoms with van der Waals surface area (Å²) >= 11 is 1.40. The van der Waals surface area contributed by atoms with E-state index in [1.54, 1.807) is 12.1 Å². The van der Waals surface area contributed by atoms with Gasteiger partial charge in [-0.05, 0) is 35.7 Å². The zero-order chi connectivity index (χ0) is 22.8. The zero-order valence-electron chi connectivity index (χ0n) is 17.9. The fourth-order valence-electron chi connectivity index (χ4n) is 3.74. The lowest BCUT2D eigenvalue weighted by Crippen LogP contribution is -2.31. The predicted molar refractivity (Wildman–Crippen MR) is 122 cm³/mol. The number of hydrogen-bond acceptors (Lipinski definition) is 7. The highest BCUT2D eigenvalue weighted by Crippen LogP contribution is 2.43. The third-order valence-electron chi connectivity index (χ3n) is 5.46. The van der Waals surface area contributed by atoms with Crippen LogP contribution in [0.3, 0.4) is 0 Å². The standard InChI is InChI=1S/C23H23N3O5S/c1-12-6-4-5-7-13(12)11-32-23-25-21-19(22(29)26-23)15(10-18(27)24-21)14-8-16(30-2)20(28)17(9-14)31-3/h4-9,15,28H,10-11H2,1-3H3,(H2,24,25,26,27,29)/t15-/m1/s1. The molecule has 166 valence electrons. The van der Waals surface area contributed by atoms with Crippen LogP contribution in [0.4, 0.5) is 5.82 Å². The summed E-state index contributed by atoms with van der Waals surface area (Å²) in [5, 5.41) is 13.4. The first-order valence-electron chi connectivity index (χ1n) is 9.97. The maximum absolute atomic E-state index is 13.1. The van der Waals surface area contributed by atoms with Crippen LogP contribution in [-0.2, 0) is 10.5 Å². The predicted octanol–water partition coefficient (Wildman–Crippen LogP) is 3.57. The molecule has 0 saturated carbocycles. The van der Waals surface area contributed by atoms with Gasteiger partial charge in [0.15, 0.2) is 16.7 Å². The molecule has 0 fully saturated rings. The molecule has 0 aliphatic carbocycles. The van der Waals surface area contributed by atoms with Crippen molar-refractivity contribution in [2.24, 2.45) is 0 Å². The molecule has 1 aliphatic rings. The maximum Gasteiger partial charge on any atom is 0.257 e. The number of thioether (sulfide) groups is 1. The van der Waals surface area contributed by atoms with Crippen LogP contribution in [0.25, 0.3) is 0 Å². The SMILES string of the molecule is COc1cc([C@H]2CC(=O)Nc3nc(SCc4ccccc4C)[nH]c(=O)c32)cc(OC)c1O. The minimum Gasteiger partial charge on any atom is -0.502 e. The zero-order valence-corrected chi connectivity index (χ0v) is 18.7. The van der Waals surface area contributed by atoms with Crippen LogP contribution in [0, 0.1) is 6.92 Å². The van der Waals surface area contributed by atoms with Gasteiger partial charge in [-0.25, -0.2) is 4.98 Å². The number of phenols is 1. The molecule has 0 radical (unpaired) electrons. The van der Waals surface area contributed by atoms with Crippen LogP contribution < -0.4 is 20.3 Å². The molecule has 1 amide bonds. The third-order valence-corrected chi connectivity index (χ3v) is 6.38. The molecular formula is C23H23N3O5S. The van der Waals surface area contributed by atoms with Crippen molar-refractivity contribution in [3.8, 4) is 17.2 Å². The third kappa shape index (κ3) is 4.16. The van der Waals surface area contributed by atoms with E-state index >= 15 is 0 Å². The number of aromatic nitrogens is 2. The normalized spacial score (nSPS) is 15.1. The molecule has 2 aromatic carbocycles. The summed E-state index contributed by atoms with van der Waals surface area (Å²) in [5.41, 5.74) is 2.95. The Bertz CT molecular complexity index is 1220. The fraction of sp³-hybridized carbons (Fsp3) is 0.261. The molecule has 0 bridgehead atoms. The van der Waals surface area contributed by atoms with E-state index in [-0.39, 0.29) is 41.0 Å². The Labute approximate surface area is 189 Å². The smallest absolute Gasteiger partial charge is 0.257 e. The molecule has 0 saturated heterocycles. The van der Waals surface area contributed by atoms with Gasteiger partial charge in [-0.1, -0.05) is 36.0 Å². The molecule has 1 aromatic heterocycles. The van der Waals surface area contributed by atoms with Gasteiger partial charge in [-0.2, -0.15) is 0 Å². The number of ether oxygens (including phenoxy) is 2. The quantitative estimate of drug-likeness (QED) is 0.386. The summed E-state index contributed by atoms with van der Waals surface area (Å²) in [7, 11) is 2.85. The number of fused-ring (bicyclic) bond motifs is 1. The highest BCUT2D eigenvalue weighted by molar-refractivity contribution is 7.98. The number of benzene rings is 2. The number of H-pyrrole nitrogens is 1. The lowest BCUT2D eigenvalue weighted by atomic mass is 9.86. The first kappa shape index (κ1) is 21.8. The molecule has 3 N–H and O–H groups in total. The van der Waals surface area contributed by atoms with Crippen LogP contribution in [0.2, 0.25) is 0 Å². The van der Waals surface area contributed by atoms with Gasteiger partial charge < -0.3 is 24.9 Å². The largest absolute Gasteiger partial charge is 0.502 e. The number of aromatic hydroxyl groups is 1. The van der Waals surface area contributed by atoms with E-state index in [0.717, 1.165) is 11.1 Å². The monoisotopic (exact) mass is 453 g/mol. The number of nitrogens with one attached hydrogen (secondary N) is 2. The van der Waals surface area contributed by atoms with E-state index in [4.69, 9.17) is 9.47 Å². The molecule has 0 spiro atoms. The van der Waals surface area contributed by atoms with Gasteiger partial charge >= 0.3 is 0 Å². The van der Waals surface area contributed by atoms with Crippen molar-refractivity contribution in [1.29, 1.82) is 0 Å². The van der Waals surface area contributed by atoms with E-state index in [9.17, 15) is 14.7 Å². The Morgan fingerprint density at radius 3 is 2.50 bits per heavy atom. The van der Waals surface area contributed by atoms with Crippen molar-refractivity contribution in [2.45, 2.75) is 30.2 Å². The van der Waals surface area contributed by atoms with Crippen molar-refractivity contribution in [2.75, 3.05) is 19.5 Å². The van der Waals surface area contributed by atoms with Gasteiger partial charge in [0.2, 0.25) is 11.7 Å². The molecular weight excluding hydrogens is 430 g/mol. The second kappa shape index (κ2) is 8.96. The second-order valence-electron chi connectivity index (χ2n) is 7.43. The highest BCUT2D eigenvalue weighted by atomic mass is 32.2. The van der Waals surface area contributed by atoms with Crippen molar-refractivity contribution >= 4 is 23.5 Å². The van der Waals surface area contributed by atoms with Gasteiger partial charge in [-0.15, -0.1) is 0 Å². The van der Waals surface area contributed by atoms with Crippen LogP contribution in [0.5, 0.6) is 17.2 Å². The van der Waals surface area contributed by atoms with Crippen LogP contribution >= 0.6 is 11.8 Å². The van der Waals surface area contributed by atoms with Gasteiger partial charge in [0.05, 0.1) is 19.8 Å². The van der Waals surface area contributed by atoms with E-state index in [1.165, 1.54) is 26.0 Å². The van der Waals surface area contributed by atoms with Crippen LogP contribution in [0.1, 0.15) is 34.6 Å². The number of anilines is 1. The topological polar surface area (TPSA) is 114 Å². The molecule has 3 aromatic rings. The number of methoxy groups -OCH3 is 2. The average Bonchev–Trinajstić information content (AvgIpc) is 2.78. The first-order valence-corrected chi connectivity index (χ1v) is 11.0. The Morgan fingerprint density at radius 2 is 1.84 bits per heavy atom. The number of aromatic amines is 1. The van der Waals surface area contributed by atoms with Crippen molar-refractivity contribution in [3.05, 3.63) is 69.0 Å². The van der Waals surface area contributed by atoms with Crippen molar-refractivity contribution in [1.82, 2.24) is 9.97 Å². The minimum absolute atomic E-state index is 0.0601. The Kier molecular flexibility index (Phi) is 6.09. The summed E-state index contributed by atoms with van der Waals surface area (Å²) in [6, 6.07) is 11.2.